The van der Waals surface area contributed by atoms with Gasteiger partial charge in [-0.05, 0) is 12.3 Å². The number of fused-ring (bicyclic) bond motifs is 1. The largest absolute Gasteiger partial charge is 0.392 e. The van der Waals surface area contributed by atoms with Crippen LogP contribution >= 0.6 is 15.9 Å². The summed E-state index contributed by atoms with van der Waals surface area (Å²) in [5.74, 6) is 0.952. The average molecular weight is 205 g/mol. The predicted octanol–water partition coefficient (Wildman–Crippen LogP) is 0.720. The number of aliphatic hydroxyl groups is 1. The van der Waals surface area contributed by atoms with Gasteiger partial charge >= 0.3 is 0 Å². The summed E-state index contributed by atoms with van der Waals surface area (Å²) in [6.07, 6.45) is 1.07. The SMILES string of the molecule is O=C1CC2C1CC(O)C2Br. The van der Waals surface area contributed by atoms with Crippen LogP contribution in [0.4, 0.5) is 0 Å². The van der Waals surface area contributed by atoms with Crippen LogP contribution in [0, 0.1) is 11.8 Å². The quantitative estimate of drug-likeness (QED) is 0.591. The molecule has 0 spiro atoms. The molecule has 0 aromatic heterocycles. The maximum Gasteiger partial charge on any atom is 0.136 e. The number of Topliss-reactive ketones (excluding diaryl/α,β-unsaturated/α-hetero) is 1. The Morgan fingerprint density at radius 2 is 2.30 bits per heavy atom. The molecule has 0 amide bonds. The molecule has 0 radical (unpaired) electrons. The number of hydrogen-bond donors (Lipinski definition) is 1. The highest BCUT2D eigenvalue weighted by Gasteiger charge is 2.51. The molecule has 2 saturated carbocycles. The lowest BCUT2D eigenvalue weighted by Gasteiger charge is -2.29. The van der Waals surface area contributed by atoms with Gasteiger partial charge in [0.1, 0.15) is 5.78 Å². The van der Waals surface area contributed by atoms with Gasteiger partial charge in [-0.1, -0.05) is 15.9 Å². The van der Waals surface area contributed by atoms with Crippen LogP contribution in [-0.4, -0.2) is 21.8 Å². The Morgan fingerprint density at radius 1 is 1.60 bits per heavy atom. The molecule has 56 valence electrons. The third kappa shape index (κ3) is 0.705. The highest BCUT2D eigenvalue weighted by atomic mass is 79.9. The lowest BCUT2D eigenvalue weighted by atomic mass is 9.75. The molecule has 4 atom stereocenters. The zero-order valence-corrected chi connectivity index (χ0v) is 7.04. The Morgan fingerprint density at radius 3 is 2.70 bits per heavy atom. The number of ketones is 1. The number of carbonyl (C=O) groups is 1. The number of hydrogen-bond acceptors (Lipinski definition) is 2. The van der Waals surface area contributed by atoms with Crippen molar-refractivity contribution in [2.75, 3.05) is 0 Å². The van der Waals surface area contributed by atoms with E-state index in [-0.39, 0.29) is 16.8 Å². The minimum absolute atomic E-state index is 0.176. The molecule has 3 heteroatoms. The molecule has 2 fully saturated rings. The van der Waals surface area contributed by atoms with Gasteiger partial charge in [0, 0.05) is 17.2 Å². The van der Waals surface area contributed by atoms with Crippen LogP contribution in [0.2, 0.25) is 0 Å². The van der Waals surface area contributed by atoms with E-state index < -0.39 is 0 Å². The van der Waals surface area contributed by atoms with Gasteiger partial charge in [-0.15, -0.1) is 0 Å². The second kappa shape index (κ2) is 2.05. The molecule has 0 aliphatic heterocycles. The van der Waals surface area contributed by atoms with Crippen LogP contribution in [-0.2, 0) is 4.79 Å². The van der Waals surface area contributed by atoms with E-state index in [2.05, 4.69) is 15.9 Å². The summed E-state index contributed by atoms with van der Waals surface area (Å²) in [7, 11) is 0. The van der Waals surface area contributed by atoms with E-state index >= 15 is 0 Å². The Hall–Kier alpha value is 0.110. The Balaban J connectivity index is 2.13. The summed E-state index contributed by atoms with van der Waals surface area (Å²) in [4.78, 5) is 11.0. The average Bonchev–Trinajstić information content (AvgIpc) is 2.12. The molecule has 4 unspecified atom stereocenters. The van der Waals surface area contributed by atoms with Crippen molar-refractivity contribution in [3.63, 3.8) is 0 Å². The van der Waals surface area contributed by atoms with Gasteiger partial charge < -0.3 is 5.11 Å². The summed E-state index contributed by atoms with van der Waals surface area (Å²) in [5.41, 5.74) is 0. The Labute approximate surface area is 67.7 Å². The summed E-state index contributed by atoms with van der Waals surface area (Å²) < 4.78 is 0. The van der Waals surface area contributed by atoms with Crippen LogP contribution in [0.25, 0.3) is 0 Å². The van der Waals surface area contributed by atoms with Crippen LogP contribution in [0.1, 0.15) is 12.8 Å². The van der Waals surface area contributed by atoms with Gasteiger partial charge in [0.25, 0.3) is 0 Å². The third-order valence-corrected chi connectivity index (χ3v) is 3.93. The van der Waals surface area contributed by atoms with Crippen molar-refractivity contribution in [1.82, 2.24) is 0 Å². The van der Waals surface area contributed by atoms with E-state index in [1.165, 1.54) is 0 Å². The fourth-order valence-corrected chi connectivity index (χ4v) is 2.69. The number of rotatable bonds is 0. The van der Waals surface area contributed by atoms with E-state index in [1.54, 1.807) is 0 Å². The highest BCUT2D eigenvalue weighted by Crippen LogP contribution is 2.47. The van der Waals surface area contributed by atoms with E-state index in [0.717, 1.165) is 0 Å². The van der Waals surface area contributed by atoms with Gasteiger partial charge in [0.2, 0.25) is 0 Å². The first-order valence-corrected chi connectivity index (χ1v) is 4.46. The van der Waals surface area contributed by atoms with Gasteiger partial charge in [-0.2, -0.15) is 0 Å². The summed E-state index contributed by atoms with van der Waals surface area (Å²) in [5, 5.41) is 9.30. The molecule has 0 aromatic rings. The van der Waals surface area contributed by atoms with Crippen LogP contribution in [0.3, 0.4) is 0 Å². The minimum atomic E-state index is -0.290. The van der Waals surface area contributed by atoms with Crippen LogP contribution in [0.15, 0.2) is 0 Å². The van der Waals surface area contributed by atoms with Crippen LogP contribution in [0.5, 0.6) is 0 Å². The topological polar surface area (TPSA) is 37.3 Å². The molecule has 2 aliphatic carbocycles. The van der Waals surface area contributed by atoms with Crippen molar-refractivity contribution in [1.29, 1.82) is 0 Å². The van der Waals surface area contributed by atoms with Crippen molar-refractivity contribution < 1.29 is 9.90 Å². The molecule has 2 aliphatic rings. The second-order valence-electron chi connectivity index (χ2n) is 3.19. The first kappa shape index (κ1) is 6.80. The predicted molar refractivity (Wildman–Crippen MR) is 39.9 cm³/mol. The van der Waals surface area contributed by atoms with E-state index in [4.69, 9.17) is 0 Å². The van der Waals surface area contributed by atoms with Crippen LogP contribution < -0.4 is 0 Å². The maximum absolute atomic E-state index is 10.9. The molecule has 0 saturated heterocycles. The number of halogens is 1. The lowest BCUT2D eigenvalue weighted by molar-refractivity contribution is -0.132. The van der Waals surface area contributed by atoms with Gasteiger partial charge in [-0.25, -0.2) is 0 Å². The van der Waals surface area contributed by atoms with Crippen molar-refractivity contribution in [2.45, 2.75) is 23.8 Å². The highest BCUT2D eigenvalue weighted by molar-refractivity contribution is 9.09. The van der Waals surface area contributed by atoms with E-state index in [9.17, 15) is 9.90 Å². The lowest BCUT2D eigenvalue weighted by Crippen LogP contribution is -2.36. The molecule has 2 rings (SSSR count). The number of alkyl halides is 1. The summed E-state index contributed by atoms with van der Waals surface area (Å²) in [6.45, 7) is 0. The van der Waals surface area contributed by atoms with Crippen molar-refractivity contribution in [3.05, 3.63) is 0 Å². The molecule has 1 N–H and O–H groups in total. The van der Waals surface area contributed by atoms with Gasteiger partial charge in [-0.3, -0.25) is 4.79 Å². The Bertz CT molecular complexity index is 180. The molecule has 2 nitrogen and oxygen atoms in total. The smallest absolute Gasteiger partial charge is 0.136 e. The minimum Gasteiger partial charge on any atom is -0.392 e. The normalized spacial score (nSPS) is 52.4. The molecule has 0 bridgehead atoms. The van der Waals surface area contributed by atoms with Crippen molar-refractivity contribution in [2.24, 2.45) is 11.8 Å². The number of carbonyl (C=O) groups excluding carboxylic acids is 1. The molecular weight excluding hydrogens is 196 g/mol. The number of aliphatic hydroxyl groups excluding tert-OH is 1. The monoisotopic (exact) mass is 204 g/mol. The fraction of sp³-hybridized carbons (Fsp3) is 0.857. The van der Waals surface area contributed by atoms with E-state index in [1.807, 2.05) is 0 Å². The second-order valence-corrected chi connectivity index (χ2v) is 4.25. The van der Waals surface area contributed by atoms with Gasteiger partial charge in [0.15, 0.2) is 0 Å². The molecule has 0 aromatic carbocycles. The maximum atomic E-state index is 10.9. The third-order valence-electron chi connectivity index (χ3n) is 2.64. The van der Waals surface area contributed by atoms with Gasteiger partial charge in [0.05, 0.1) is 6.10 Å². The van der Waals surface area contributed by atoms with Crippen molar-refractivity contribution >= 4 is 21.7 Å². The molecule has 0 heterocycles. The van der Waals surface area contributed by atoms with E-state index in [0.29, 0.717) is 24.5 Å². The Kier molecular flexibility index (Phi) is 1.39. The zero-order chi connectivity index (χ0) is 7.30. The summed E-state index contributed by atoms with van der Waals surface area (Å²) in [6, 6.07) is 0. The molecule has 10 heavy (non-hydrogen) atoms. The fourth-order valence-electron chi connectivity index (χ4n) is 1.92. The molecular formula is C7H9BrO2. The first-order chi connectivity index (χ1) is 4.70. The zero-order valence-electron chi connectivity index (χ0n) is 5.46. The summed E-state index contributed by atoms with van der Waals surface area (Å²) >= 11 is 3.39. The van der Waals surface area contributed by atoms with Crippen molar-refractivity contribution in [3.8, 4) is 0 Å². The standard InChI is InChI=1S/C7H9BrO2/c8-7-4-2-5(9)3(4)1-6(7)10/h3-4,6-7,10H,1-2H2. The first-order valence-electron chi connectivity index (χ1n) is 3.55.